The van der Waals surface area contributed by atoms with Gasteiger partial charge in [-0.25, -0.2) is 20.0 Å². The van der Waals surface area contributed by atoms with Crippen LogP contribution in [-0.2, 0) is 74.8 Å². The molecule has 14 rings (SSSR count). The Morgan fingerprint density at radius 1 is 0.412 bits per heavy atom. The van der Waals surface area contributed by atoms with Gasteiger partial charge in [-0.2, -0.15) is 60.5 Å². The zero-order valence-electron chi connectivity index (χ0n) is 57.1. The molecule has 4 heterocycles. The summed E-state index contributed by atoms with van der Waals surface area (Å²) in [4.78, 5) is 116. The van der Waals surface area contributed by atoms with Gasteiger partial charge in [0.1, 0.15) is 19.6 Å². The number of carbonyl (C=O) groups excluding carboxylic acids is 4. The van der Waals surface area contributed by atoms with Crippen molar-refractivity contribution in [2.24, 2.45) is 34.1 Å². The lowest BCUT2D eigenvalue weighted by atomic mass is 9.80. The van der Waals surface area contributed by atoms with Crippen LogP contribution < -0.4 is 44.2 Å². The van der Waals surface area contributed by atoms with Gasteiger partial charge in [-0.3, -0.25) is 66.1 Å². The van der Waals surface area contributed by atoms with E-state index in [1.54, 1.807) is 0 Å². The highest BCUT2D eigenvalue weighted by Crippen LogP contribution is 2.48. The van der Waals surface area contributed by atoms with Crippen LogP contribution >= 0.6 is 23.2 Å². The van der Waals surface area contributed by atoms with Crippen molar-refractivity contribution in [2.45, 2.75) is 29.4 Å². The number of nitrogens with zero attached hydrogens (tertiary/aromatic N) is 8. The van der Waals surface area contributed by atoms with E-state index in [4.69, 9.17) is 23.2 Å². The summed E-state index contributed by atoms with van der Waals surface area (Å²) in [6, 6.07) is 26.8. The van der Waals surface area contributed by atoms with Crippen LogP contribution in [-0.4, -0.2) is 153 Å². The Morgan fingerprint density at radius 3 is 1.11 bits per heavy atom. The van der Waals surface area contributed by atoms with Gasteiger partial charge in [0.2, 0.25) is 33.0 Å². The number of pyridine rings is 2. The van der Waals surface area contributed by atoms with Crippen molar-refractivity contribution in [3.8, 4) is 22.3 Å². The average molecular weight is 1710 g/mol. The van der Waals surface area contributed by atoms with Gasteiger partial charge in [-0.15, -0.1) is 0 Å². The van der Waals surface area contributed by atoms with Crippen LogP contribution in [0.3, 0.4) is 0 Å². The van der Waals surface area contributed by atoms with Crippen molar-refractivity contribution in [1.29, 1.82) is 0 Å². The van der Waals surface area contributed by atoms with Crippen LogP contribution in [0.1, 0.15) is 63.7 Å². The number of halogens is 2. The highest BCUT2D eigenvalue weighted by Gasteiger charge is 2.38. The zero-order chi connectivity index (χ0) is 82.1. The van der Waals surface area contributed by atoms with Crippen LogP contribution in [0.25, 0.3) is 44.1 Å². The van der Waals surface area contributed by atoms with Crippen molar-refractivity contribution < 1.29 is 97.0 Å². The molecule has 0 radical (unpaired) electrons. The summed E-state index contributed by atoms with van der Waals surface area (Å²) in [5.74, 6) is -3.66. The van der Waals surface area contributed by atoms with Gasteiger partial charge in [0.25, 0.3) is 71.8 Å². The zero-order valence-corrected chi connectivity index (χ0v) is 63.5. The maximum Gasteiger partial charge on any atom is 0.296 e. The van der Waals surface area contributed by atoms with E-state index in [0.717, 1.165) is 45.5 Å². The Kier molecular flexibility index (Phi) is 19.5. The molecule has 8 aromatic carbocycles. The third kappa shape index (κ3) is 14.5. The maximum absolute atomic E-state index is 14.8. The smallest absolute Gasteiger partial charge is 0.296 e. The SMILES string of the molecule is Cn1c(=O)c(C(=O)c2cccc(S(=O)(=O)O)c2)c2c3c(c(Nc4cc(N=c5[nH]c(Cl)nc(=NCCN=c6nc(Cl)[nH]c(=Nc7cc(Nc8ccc9c%10c8C(=O)c8ccccc8-c%10c(C(=O)c8cccc(S(=O)(=O)O)c8)c(=O)n9C)c(S(=O)(=O)O)cc7S(=O)(=O)O)[nH]6)[nH]5)c(S(=O)(=O)O)cc4S(=O)(=O)O)ccc31)C(=O)c1ccccc1-2. The predicted octanol–water partition coefficient (Wildman–Crippen LogP) is 5.62. The molecular weight excluding hydrogens is 1660 g/mol. The number of aryl methyl sites for hydroxylation is 2. The first-order chi connectivity index (χ1) is 53.5. The molecule has 582 valence electrons. The van der Waals surface area contributed by atoms with Crippen LogP contribution in [0.5, 0.6) is 0 Å². The Bertz CT molecular complexity index is 7200. The van der Waals surface area contributed by atoms with Crippen molar-refractivity contribution >= 4 is 163 Å². The van der Waals surface area contributed by atoms with Gasteiger partial charge in [-0.05, 0) is 107 Å². The van der Waals surface area contributed by atoms with Gasteiger partial charge >= 0.3 is 0 Å². The van der Waals surface area contributed by atoms with Crippen molar-refractivity contribution in [3.63, 3.8) is 0 Å². The van der Waals surface area contributed by atoms with Crippen LogP contribution in [0, 0.1) is 0 Å². The van der Waals surface area contributed by atoms with Crippen LogP contribution in [0.4, 0.5) is 34.1 Å². The number of fused-ring (bicyclic) bond motifs is 4. The quantitative estimate of drug-likeness (QED) is 0.0265. The third-order valence-electron chi connectivity index (χ3n) is 17.9. The van der Waals surface area contributed by atoms with Gasteiger partial charge in [0.05, 0.1) is 90.3 Å². The van der Waals surface area contributed by atoms with Crippen molar-refractivity contribution in [2.75, 3.05) is 23.7 Å². The van der Waals surface area contributed by atoms with Gasteiger partial charge in [0, 0.05) is 58.2 Å². The predicted molar refractivity (Wildman–Crippen MR) is 401 cm³/mol. The van der Waals surface area contributed by atoms with E-state index in [2.05, 4.69) is 60.5 Å². The summed E-state index contributed by atoms with van der Waals surface area (Å²) in [6.07, 6.45) is 0. The minimum Gasteiger partial charge on any atom is -0.354 e. The summed E-state index contributed by atoms with van der Waals surface area (Å²) in [5.41, 5.74) is -10.2. The topological polar surface area (TPSA) is 601 Å². The molecule has 114 heavy (non-hydrogen) atoms. The standard InChI is InChI=1S/C68H46Cl2N14O24S6/c1-83-43-19-17-37(51-53(43)49(33-13-3-5-15-35(33)59(51)87)55(61(83)89)57(85)29-9-7-11-31(23-29)109(91,92)93)73-39-25-41(47(113(103,104)105)27-45(39)111(97,98)99)75-67-79-63(69)77-65(81-67)71-21-22-72-66-78-64(70)80-68(82-66)76-42-26-40(46(112(100,101)102)28-48(42)114(106,107)108)74-38-18-20-44-54-50(34-14-4-6-16-36(34)60(88)52(38)54)56(62(90)84(44)2)58(86)30-10-8-12-32(24-30)110(94,95)96/h3-20,23-28,73-74H,21-22H2,1-2H3,(H,91,92,93)(H,94,95,96)(H,97,98,99)(H,100,101,102)(H,103,104,105)(H,106,107,108)(H2,71,75,77,79,81)(H2,72,76,78,80,82). The van der Waals surface area contributed by atoms with E-state index in [9.17, 15) is 107 Å². The maximum atomic E-state index is 14.8. The number of carbonyl (C=O) groups is 4. The molecule has 2 aliphatic carbocycles. The molecule has 46 heteroatoms. The molecule has 0 aliphatic heterocycles. The molecular formula is C68H46Cl2N14O24S6. The van der Waals surface area contributed by atoms with Gasteiger partial charge < -0.3 is 29.7 Å². The van der Waals surface area contributed by atoms with Gasteiger partial charge in [0.15, 0.2) is 23.1 Å². The van der Waals surface area contributed by atoms with Gasteiger partial charge in [-0.1, -0.05) is 72.8 Å². The van der Waals surface area contributed by atoms with Crippen LogP contribution in [0.2, 0.25) is 10.6 Å². The number of ketones is 4. The molecule has 4 aromatic heterocycles. The van der Waals surface area contributed by atoms with E-state index in [1.165, 1.54) is 99.0 Å². The Hall–Kier alpha value is -12.3. The first-order valence-electron chi connectivity index (χ1n) is 32.0. The second-order valence-corrected chi connectivity index (χ2v) is 33.9. The second kappa shape index (κ2) is 28.4. The number of benzene rings is 8. The molecule has 0 atom stereocenters. The highest BCUT2D eigenvalue weighted by atomic mass is 35.5. The first kappa shape index (κ1) is 78.4. The van der Waals surface area contributed by atoms with Crippen molar-refractivity contribution in [3.05, 3.63) is 244 Å². The fourth-order valence-electron chi connectivity index (χ4n) is 13.0. The lowest BCUT2D eigenvalue weighted by molar-refractivity contribution is 0.102. The number of aromatic nitrogens is 8. The number of aromatic amines is 4. The average Bonchev–Trinajstić information content (AvgIpc) is 0.709. The summed E-state index contributed by atoms with van der Waals surface area (Å²) in [7, 11) is -29.4. The molecule has 0 saturated heterocycles. The summed E-state index contributed by atoms with van der Waals surface area (Å²) < 4.78 is 218. The fraction of sp³-hybridized carbons (Fsp3) is 0.0588. The number of H-pyrrole nitrogens is 4. The summed E-state index contributed by atoms with van der Waals surface area (Å²) in [5, 5.41) is 4.26. The van der Waals surface area contributed by atoms with Crippen LogP contribution in [0.15, 0.2) is 205 Å². The Morgan fingerprint density at radius 2 is 0.763 bits per heavy atom. The van der Waals surface area contributed by atoms with E-state index in [1.807, 2.05) is 0 Å². The Labute approximate surface area is 647 Å². The van der Waals surface area contributed by atoms with E-state index < -0.39 is 191 Å². The highest BCUT2D eigenvalue weighted by molar-refractivity contribution is 7.87. The molecule has 0 spiro atoms. The first-order valence-corrected chi connectivity index (χ1v) is 41.4. The number of hydrogen-bond donors (Lipinski definition) is 12. The van der Waals surface area contributed by atoms with Crippen molar-refractivity contribution in [1.82, 2.24) is 39.0 Å². The number of anilines is 4. The van der Waals surface area contributed by atoms with E-state index in [-0.39, 0.29) is 102 Å². The van der Waals surface area contributed by atoms with E-state index in [0.29, 0.717) is 24.3 Å². The molecule has 2 aliphatic rings. The molecule has 0 bridgehead atoms. The summed E-state index contributed by atoms with van der Waals surface area (Å²) >= 11 is 12.7. The molecule has 12 N–H and O–H groups in total. The minimum atomic E-state index is -5.54. The molecule has 0 amide bonds. The minimum absolute atomic E-state index is 0.0289. The molecule has 12 aromatic rings. The number of hydrogen-bond acceptors (Lipinski definition) is 26. The lowest BCUT2D eigenvalue weighted by Crippen LogP contribution is -2.29. The normalized spacial score (nSPS) is 13.7. The monoisotopic (exact) mass is 1700 g/mol. The second-order valence-electron chi connectivity index (χ2n) is 24.8. The summed E-state index contributed by atoms with van der Waals surface area (Å²) in [6.45, 7) is -0.744. The fourth-order valence-corrected chi connectivity index (χ4v) is 17.2. The third-order valence-corrected chi connectivity index (χ3v) is 23.5. The molecule has 0 unspecified atom stereocenters. The lowest BCUT2D eigenvalue weighted by Gasteiger charge is -2.26. The Balaban J connectivity index is 0.818. The molecule has 0 fully saturated rings. The van der Waals surface area contributed by atoms with E-state index >= 15 is 0 Å². The molecule has 38 nitrogen and oxygen atoms in total. The number of rotatable bonds is 19. The number of nitrogens with one attached hydrogen (secondary N) is 6. The molecule has 0 saturated carbocycles. The largest absolute Gasteiger partial charge is 0.354 e.